The molecule has 1 aliphatic carbocycles. The maximum Gasteiger partial charge on any atom is 0.216 e. The normalized spacial score (nSPS) is 13.9. The Morgan fingerprint density at radius 1 is 1.33 bits per heavy atom. The van der Waals surface area contributed by atoms with Gasteiger partial charge in [-0.05, 0) is 25.7 Å². The fourth-order valence-corrected chi connectivity index (χ4v) is 2.57. The van der Waals surface area contributed by atoms with Gasteiger partial charge in [0, 0.05) is 32.3 Å². The van der Waals surface area contributed by atoms with E-state index >= 15 is 0 Å². The number of benzene rings is 1. The van der Waals surface area contributed by atoms with Crippen LogP contribution in [0.2, 0.25) is 0 Å². The molecule has 6 nitrogen and oxygen atoms in total. The highest BCUT2D eigenvalue weighted by Crippen LogP contribution is 2.28. The lowest BCUT2D eigenvalue weighted by molar-refractivity contribution is 0.115. The number of aromatic nitrogens is 1. The zero-order valence-corrected chi connectivity index (χ0v) is 18.4. The minimum absolute atomic E-state index is 0. The van der Waals surface area contributed by atoms with E-state index in [0.29, 0.717) is 19.0 Å². The Morgan fingerprint density at radius 3 is 2.81 bits per heavy atom. The van der Waals surface area contributed by atoms with Crippen molar-refractivity contribution in [1.29, 1.82) is 0 Å². The Hall–Kier alpha value is -1.61. The van der Waals surface area contributed by atoms with Gasteiger partial charge in [-0.15, -0.1) is 24.0 Å². The van der Waals surface area contributed by atoms with Crippen LogP contribution in [-0.4, -0.2) is 49.2 Å². The number of nitrogens with one attached hydrogen (secondary N) is 1. The summed E-state index contributed by atoms with van der Waals surface area (Å²) in [6, 6.07) is 9.97. The zero-order chi connectivity index (χ0) is 18.2. The molecule has 0 aliphatic heterocycles. The SMILES string of the molecule is CCNC(=NCc1ncc(-c2ccccc2)o1)N(C)CCOCC1CC1.I. The summed E-state index contributed by atoms with van der Waals surface area (Å²) < 4.78 is 11.5. The minimum Gasteiger partial charge on any atom is -0.439 e. The van der Waals surface area contributed by atoms with Crippen LogP contribution in [0.3, 0.4) is 0 Å². The first kappa shape index (κ1) is 21.7. The molecule has 0 radical (unpaired) electrons. The van der Waals surface area contributed by atoms with Crippen LogP contribution >= 0.6 is 24.0 Å². The first-order valence-electron chi connectivity index (χ1n) is 9.33. The fourth-order valence-electron chi connectivity index (χ4n) is 2.57. The van der Waals surface area contributed by atoms with E-state index in [-0.39, 0.29) is 24.0 Å². The van der Waals surface area contributed by atoms with E-state index in [9.17, 15) is 0 Å². The summed E-state index contributed by atoms with van der Waals surface area (Å²) >= 11 is 0. The van der Waals surface area contributed by atoms with Crippen LogP contribution in [-0.2, 0) is 11.3 Å². The van der Waals surface area contributed by atoms with Crippen LogP contribution in [0.5, 0.6) is 0 Å². The second-order valence-electron chi connectivity index (χ2n) is 6.59. The van der Waals surface area contributed by atoms with Crippen molar-refractivity contribution in [1.82, 2.24) is 15.2 Å². The molecule has 1 heterocycles. The summed E-state index contributed by atoms with van der Waals surface area (Å²) in [5.74, 6) is 3.01. The molecule has 1 aromatic heterocycles. The quantitative estimate of drug-likeness (QED) is 0.254. The highest BCUT2D eigenvalue weighted by Gasteiger charge is 2.21. The van der Waals surface area contributed by atoms with Crippen LogP contribution < -0.4 is 5.32 Å². The number of ether oxygens (including phenoxy) is 1. The summed E-state index contributed by atoms with van der Waals surface area (Å²) in [6.07, 6.45) is 4.39. The average Bonchev–Trinajstić information content (AvgIpc) is 3.38. The molecular formula is C20H29IN4O2. The van der Waals surface area contributed by atoms with Gasteiger partial charge in [0.15, 0.2) is 11.7 Å². The van der Waals surface area contributed by atoms with E-state index in [4.69, 9.17) is 9.15 Å². The number of rotatable bonds is 9. The first-order chi connectivity index (χ1) is 12.8. The molecule has 0 amide bonds. The predicted octanol–water partition coefficient (Wildman–Crippen LogP) is 3.78. The van der Waals surface area contributed by atoms with Gasteiger partial charge >= 0.3 is 0 Å². The van der Waals surface area contributed by atoms with Crippen LogP contribution in [0.1, 0.15) is 25.7 Å². The largest absolute Gasteiger partial charge is 0.439 e. The Morgan fingerprint density at radius 2 is 2.11 bits per heavy atom. The predicted molar refractivity (Wildman–Crippen MR) is 118 cm³/mol. The molecule has 1 saturated carbocycles. The zero-order valence-electron chi connectivity index (χ0n) is 16.1. The van der Waals surface area contributed by atoms with Gasteiger partial charge in [0.1, 0.15) is 6.54 Å². The molecule has 1 fully saturated rings. The molecule has 1 aromatic carbocycles. The van der Waals surface area contributed by atoms with Crippen molar-refractivity contribution < 1.29 is 9.15 Å². The third-order valence-corrected chi connectivity index (χ3v) is 4.29. The molecule has 2 aromatic rings. The molecule has 27 heavy (non-hydrogen) atoms. The second-order valence-corrected chi connectivity index (χ2v) is 6.59. The summed E-state index contributed by atoms with van der Waals surface area (Å²) in [6.45, 7) is 5.69. The molecule has 0 saturated heterocycles. The molecule has 0 unspecified atom stereocenters. The molecule has 0 bridgehead atoms. The smallest absolute Gasteiger partial charge is 0.216 e. The number of likely N-dealkylation sites (N-methyl/N-ethyl adjacent to an activating group) is 1. The monoisotopic (exact) mass is 484 g/mol. The van der Waals surface area contributed by atoms with Crippen LogP contribution in [0, 0.1) is 5.92 Å². The van der Waals surface area contributed by atoms with Gasteiger partial charge in [-0.3, -0.25) is 0 Å². The molecular weight excluding hydrogens is 455 g/mol. The van der Waals surface area contributed by atoms with E-state index in [2.05, 4.69) is 27.1 Å². The van der Waals surface area contributed by atoms with Crippen LogP contribution in [0.4, 0.5) is 0 Å². The summed E-state index contributed by atoms with van der Waals surface area (Å²) in [5, 5.41) is 3.30. The molecule has 0 spiro atoms. The summed E-state index contributed by atoms with van der Waals surface area (Å²) in [5.41, 5.74) is 1.02. The molecule has 148 valence electrons. The molecule has 3 rings (SSSR count). The van der Waals surface area contributed by atoms with E-state index in [1.54, 1.807) is 6.20 Å². The lowest BCUT2D eigenvalue weighted by Gasteiger charge is -2.21. The third-order valence-electron chi connectivity index (χ3n) is 4.29. The van der Waals surface area contributed by atoms with Gasteiger partial charge < -0.3 is 19.4 Å². The van der Waals surface area contributed by atoms with Crippen molar-refractivity contribution in [2.45, 2.75) is 26.3 Å². The maximum absolute atomic E-state index is 5.82. The average molecular weight is 484 g/mol. The van der Waals surface area contributed by atoms with Crippen molar-refractivity contribution in [3.8, 4) is 11.3 Å². The number of aliphatic imine (C=N–C) groups is 1. The van der Waals surface area contributed by atoms with Gasteiger partial charge in [0.25, 0.3) is 0 Å². The molecule has 7 heteroatoms. The number of hydrogen-bond donors (Lipinski definition) is 1. The fraction of sp³-hybridized carbons (Fsp3) is 0.500. The van der Waals surface area contributed by atoms with Crippen LogP contribution in [0.25, 0.3) is 11.3 Å². The number of hydrogen-bond acceptors (Lipinski definition) is 4. The molecule has 1 aliphatic rings. The van der Waals surface area contributed by atoms with Crippen molar-refractivity contribution in [2.24, 2.45) is 10.9 Å². The lowest BCUT2D eigenvalue weighted by Crippen LogP contribution is -2.40. The Balaban J connectivity index is 0.00000261. The van der Waals surface area contributed by atoms with Crippen molar-refractivity contribution in [2.75, 3.05) is 33.4 Å². The Kier molecular flexibility index (Phi) is 9.06. The Bertz CT molecular complexity index is 701. The topological polar surface area (TPSA) is 62.9 Å². The molecule has 0 atom stereocenters. The van der Waals surface area contributed by atoms with Crippen molar-refractivity contribution in [3.63, 3.8) is 0 Å². The maximum atomic E-state index is 5.82. The number of halogens is 1. The third kappa shape index (κ3) is 7.14. The first-order valence-corrected chi connectivity index (χ1v) is 9.33. The highest BCUT2D eigenvalue weighted by molar-refractivity contribution is 14.0. The summed E-state index contributed by atoms with van der Waals surface area (Å²) in [4.78, 5) is 11.1. The van der Waals surface area contributed by atoms with Gasteiger partial charge in [-0.25, -0.2) is 9.98 Å². The van der Waals surface area contributed by atoms with E-state index in [0.717, 1.165) is 42.9 Å². The highest BCUT2D eigenvalue weighted by atomic mass is 127. The van der Waals surface area contributed by atoms with Gasteiger partial charge in [-0.1, -0.05) is 30.3 Å². The number of oxazole rings is 1. The number of guanidine groups is 1. The van der Waals surface area contributed by atoms with Gasteiger partial charge in [-0.2, -0.15) is 0 Å². The summed E-state index contributed by atoms with van der Waals surface area (Å²) in [7, 11) is 2.02. The minimum atomic E-state index is 0. The van der Waals surface area contributed by atoms with Crippen molar-refractivity contribution >= 4 is 29.9 Å². The van der Waals surface area contributed by atoms with Crippen molar-refractivity contribution in [3.05, 3.63) is 42.4 Å². The molecule has 1 N–H and O–H groups in total. The lowest BCUT2D eigenvalue weighted by atomic mass is 10.2. The standard InChI is InChI=1S/C20H28N4O2.HI/c1-3-21-20(24(2)11-12-25-15-16-9-10-16)23-14-19-22-13-18(26-19)17-7-5-4-6-8-17;/h4-8,13,16H,3,9-12,14-15H2,1-2H3,(H,21,23);1H. The van der Waals surface area contributed by atoms with Crippen LogP contribution in [0.15, 0.2) is 45.9 Å². The van der Waals surface area contributed by atoms with Gasteiger partial charge in [0.2, 0.25) is 5.89 Å². The van der Waals surface area contributed by atoms with E-state index in [1.807, 2.05) is 37.4 Å². The van der Waals surface area contributed by atoms with E-state index in [1.165, 1.54) is 12.8 Å². The van der Waals surface area contributed by atoms with Gasteiger partial charge in [0.05, 0.1) is 12.8 Å². The Labute approximate surface area is 178 Å². The second kappa shape index (κ2) is 11.3. The van der Waals surface area contributed by atoms with E-state index < -0.39 is 0 Å². The number of nitrogens with zero attached hydrogens (tertiary/aromatic N) is 3.